The largest absolute Gasteiger partial charge is 0.290 e. The van der Waals surface area contributed by atoms with E-state index in [0.29, 0.717) is 24.2 Å². The summed E-state index contributed by atoms with van der Waals surface area (Å²) in [6.45, 7) is 7.96. The minimum absolute atomic E-state index is 0.0348. The van der Waals surface area contributed by atoms with E-state index in [0.717, 1.165) is 5.57 Å². The van der Waals surface area contributed by atoms with Gasteiger partial charge in [-0.05, 0) is 62.3 Å². The molecule has 3 rings (SSSR count). The Hall–Kier alpha value is -1.72. The maximum Gasteiger partial charge on any atom is 0.243 e. The molecule has 4 nitrogen and oxygen atoms in total. The summed E-state index contributed by atoms with van der Waals surface area (Å²) in [6, 6.07) is 8.58. The predicted octanol–water partition coefficient (Wildman–Crippen LogP) is 4.10. The summed E-state index contributed by atoms with van der Waals surface area (Å²) in [5, 5.41) is 0. The van der Waals surface area contributed by atoms with Gasteiger partial charge in [-0.15, -0.1) is 0 Å². The third-order valence-corrected chi connectivity index (χ3v) is 7.69. The topological polar surface area (TPSA) is 54.2 Å². The van der Waals surface area contributed by atoms with Gasteiger partial charge in [0.25, 0.3) is 0 Å². The lowest BCUT2D eigenvalue weighted by atomic mass is 9.84. The van der Waals surface area contributed by atoms with E-state index in [1.54, 1.807) is 34.6 Å². The normalized spacial score (nSPS) is 34.8. The van der Waals surface area contributed by atoms with E-state index in [4.69, 9.17) is 0 Å². The van der Waals surface area contributed by atoms with Crippen LogP contribution in [0.15, 0.2) is 59.0 Å². The highest BCUT2D eigenvalue weighted by Crippen LogP contribution is 2.53. The number of hydrogen-bond donors (Lipinski definition) is 0. The number of carbonyl (C=O) groups excluding carboxylic acids is 1. The summed E-state index contributed by atoms with van der Waals surface area (Å²) in [6.07, 6.45) is 7.58. The zero-order valence-corrected chi connectivity index (χ0v) is 16.7. The van der Waals surface area contributed by atoms with Crippen molar-refractivity contribution in [3.63, 3.8) is 0 Å². The van der Waals surface area contributed by atoms with E-state index in [1.807, 2.05) is 32.1 Å². The van der Waals surface area contributed by atoms with Gasteiger partial charge in [0.1, 0.15) is 0 Å². The number of sulfonamides is 1. The van der Waals surface area contributed by atoms with E-state index in [1.165, 1.54) is 0 Å². The Balaban J connectivity index is 1.97. The number of benzene rings is 1. The molecule has 3 atom stereocenters. The van der Waals surface area contributed by atoms with Crippen molar-refractivity contribution in [2.24, 2.45) is 5.41 Å². The van der Waals surface area contributed by atoms with Crippen molar-refractivity contribution >= 4 is 15.8 Å². The molecular formula is C21H27NO3S. The van der Waals surface area contributed by atoms with Crippen LogP contribution in [0.5, 0.6) is 0 Å². The first-order valence-corrected chi connectivity index (χ1v) is 10.5. The minimum Gasteiger partial charge on any atom is -0.290 e. The number of hydrogen-bond acceptors (Lipinski definition) is 3. The van der Waals surface area contributed by atoms with Crippen LogP contribution in [0, 0.1) is 5.41 Å². The number of nitrogens with zero attached hydrogens (tertiary/aromatic N) is 1. The second-order valence-corrected chi connectivity index (χ2v) is 10.1. The fourth-order valence-electron chi connectivity index (χ4n) is 3.88. The minimum atomic E-state index is -3.52. The van der Waals surface area contributed by atoms with Crippen LogP contribution >= 0.6 is 0 Å². The van der Waals surface area contributed by atoms with Gasteiger partial charge in [-0.3, -0.25) is 4.79 Å². The van der Waals surface area contributed by atoms with Crippen LogP contribution in [0.25, 0.3) is 0 Å². The molecule has 0 aromatic heterocycles. The van der Waals surface area contributed by atoms with Crippen LogP contribution in [-0.2, 0) is 14.8 Å². The molecule has 1 aliphatic carbocycles. The van der Waals surface area contributed by atoms with Gasteiger partial charge in [-0.2, -0.15) is 4.31 Å². The second-order valence-electron chi connectivity index (χ2n) is 8.30. The number of ketones is 1. The van der Waals surface area contributed by atoms with Gasteiger partial charge >= 0.3 is 0 Å². The van der Waals surface area contributed by atoms with Crippen molar-refractivity contribution in [3.05, 3.63) is 54.1 Å². The summed E-state index contributed by atoms with van der Waals surface area (Å²) in [5.74, 6) is 0.0348. The van der Waals surface area contributed by atoms with Crippen molar-refractivity contribution in [2.75, 3.05) is 0 Å². The Labute approximate surface area is 156 Å². The van der Waals surface area contributed by atoms with E-state index in [2.05, 4.69) is 13.8 Å². The maximum atomic E-state index is 13.2. The monoisotopic (exact) mass is 373 g/mol. The molecular weight excluding hydrogens is 346 g/mol. The molecule has 2 aliphatic rings. The van der Waals surface area contributed by atoms with Gasteiger partial charge in [0.15, 0.2) is 5.78 Å². The van der Waals surface area contributed by atoms with Crippen LogP contribution in [0.3, 0.4) is 0 Å². The zero-order valence-electron chi connectivity index (χ0n) is 15.9. The van der Waals surface area contributed by atoms with Crippen molar-refractivity contribution in [1.82, 2.24) is 4.31 Å². The van der Waals surface area contributed by atoms with Gasteiger partial charge in [0.05, 0.1) is 10.4 Å². The summed E-state index contributed by atoms with van der Waals surface area (Å²) in [5.41, 5.74) is 0.0501. The van der Waals surface area contributed by atoms with Crippen LogP contribution < -0.4 is 0 Å². The number of allylic oxidation sites excluding steroid dienone is 4. The lowest BCUT2D eigenvalue weighted by Crippen LogP contribution is -2.21. The lowest BCUT2D eigenvalue weighted by molar-refractivity contribution is -0.111. The zero-order chi connectivity index (χ0) is 19.2. The Bertz CT molecular complexity index is 868. The third-order valence-electron chi connectivity index (χ3n) is 5.63. The molecule has 1 fully saturated rings. The number of rotatable bonds is 2. The molecule has 1 saturated heterocycles. The fourth-order valence-corrected chi connectivity index (χ4v) is 5.96. The average Bonchev–Trinajstić information content (AvgIpc) is 3.16. The Morgan fingerprint density at radius 1 is 1.12 bits per heavy atom. The van der Waals surface area contributed by atoms with Crippen molar-refractivity contribution in [2.45, 2.75) is 63.4 Å². The molecule has 1 aromatic carbocycles. The molecule has 0 saturated carbocycles. The average molecular weight is 374 g/mol. The quantitative estimate of drug-likeness (QED) is 0.734. The third kappa shape index (κ3) is 3.42. The molecule has 5 heteroatoms. The summed E-state index contributed by atoms with van der Waals surface area (Å²) < 4.78 is 28.1. The molecule has 0 amide bonds. The highest BCUT2D eigenvalue weighted by atomic mass is 32.2. The van der Waals surface area contributed by atoms with Gasteiger partial charge in [0.2, 0.25) is 10.0 Å². The maximum absolute atomic E-state index is 13.2. The fraction of sp³-hybridized carbons (Fsp3) is 0.476. The Kier molecular flexibility index (Phi) is 4.74. The molecule has 0 bridgehead atoms. The van der Waals surface area contributed by atoms with E-state index >= 15 is 0 Å². The smallest absolute Gasteiger partial charge is 0.243 e. The van der Waals surface area contributed by atoms with Gasteiger partial charge in [-0.25, -0.2) is 8.42 Å². The number of fused-ring (bicyclic) bond motifs is 1. The van der Waals surface area contributed by atoms with E-state index in [-0.39, 0.29) is 17.2 Å². The van der Waals surface area contributed by atoms with Crippen molar-refractivity contribution in [3.8, 4) is 0 Å². The van der Waals surface area contributed by atoms with E-state index in [9.17, 15) is 13.2 Å². The van der Waals surface area contributed by atoms with Gasteiger partial charge in [0, 0.05) is 6.04 Å². The lowest BCUT2D eigenvalue weighted by Gasteiger charge is -2.20. The predicted molar refractivity (Wildman–Crippen MR) is 103 cm³/mol. The molecule has 1 unspecified atom stereocenters. The molecule has 140 valence electrons. The molecule has 26 heavy (non-hydrogen) atoms. The SMILES string of the molecule is C/C1=C\CC[C@@]2(C)[C@@H](CC(C)(C)/C=C/C1=O)N2S(=O)(=O)c1ccccc1. The van der Waals surface area contributed by atoms with Crippen LogP contribution in [-0.4, -0.2) is 30.1 Å². The summed E-state index contributed by atoms with van der Waals surface area (Å²) >= 11 is 0. The Morgan fingerprint density at radius 3 is 2.42 bits per heavy atom. The molecule has 0 N–H and O–H groups in total. The standard InChI is InChI=1S/C21H27NO3S/c1-16-9-8-13-21(4)19(15-20(2,3)14-12-18(16)23)22(21)26(24,25)17-10-6-5-7-11-17/h5-7,9-12,14,19H,8,13,15H2,1-4H3/b14-12+,16-9+/t19-,21+,22?/m1/s1. The van der Waals surface area contributed by atoms with Crippen molar-refractivity contribution in [1.29, 1.82) is 0 Å². The molecule has 1 heterocycles. The number of carbonyl (C=O) groups is 1. The van der Waals surface area contributed by atoms with Gasteiger partial charge < -0.3 is 0 Å². The van der Waals surface area contributed by atoms with Crippen LogP contribution in [0.4, 0.5) is 0 Å². The van der Waals surface area contributed by atoms with E-state index < -0.39 is 15.6 Å². The summed E-state index contributed by atoms with van der Waals surface area (Å²) in [7, 11) is -3.52. The highest BCUT2D eigenvalue weighted by Gasteiger charge is 2.65. The van der Waals surface area contributed by atoms with Crippen LogP contribution in [0.1, 0.15) is 47.0 Å². The highest BCUT2D eigenvalue weighted by molar-refractivity contribution is 7.89. The van der Waals surface area contributed by atoms with Crippen LogP contribution in [0.2, 0.25) is 0 Å². The molecule has 1 aromatic rings. The first kappa shape index (κ1) is 19.1. The Morgan fingerprint density at radius 2 is 1.77 bits per heavy atom. The second kappa shape index (κ2) is 6.46. The molecule has 0 radical (unpaired) electrons. The first-order chi connectivity index (χ1) is 12.1. The van der Waals surface area contributed by atoms with Crippen molar-refractivity contribution < 1.29 is 13.2 Å². The molecule has 1 aliphatic heterocycles. The molecule has 0 spiro atoms. The first-order valence-electron chi connectivity index (χ1n) is 9.08. The van der Waals surface area contributed by atoms with Gasteiger partial charge in [-0.1, -0.05) is 44.2 Å². The summed E-state index contributed by atoms with van der Waals surface area (Å²) in [4.78, 5) is 12.5.